The lowest BCUT2D eigenvalue weighted by Crippen LogP contribution is -2.47. The number of sulfonamides is 1. The summed E-state index contributed by atoms with van der Waals surface area (Å²) >= 11 is 0. The molecule has 0 bridgehead atoms. The molecule has 0 aromatic heterocycles. The Morgan fingerprint density at radius 1 is 1.28 bits per heavy atom. The normalized spacial score (nSPS) is 19.3. The van der Waals surface area contributed by atoms with Crippen LogP contribution in [-0.4, -0.2) is 36.7 Å². The molecule has 1 aliphatic carbocycles. The van der Waals surface area contributed by atoms with Gasteiger partial charge in [0.2, 0.25) is 15.9 Å². The van der Waals surface area contributed by atoms with Crippen molar-refractivity contribution < 1.29 is 23.1 Å². The Morgan fingerprint density at radius 3 is 2.28 bits per heavy atom. The molecule has 1 amide bonds. The van der Waals surface area contributed by atoms with Crippen molar-refractivity contribution in [3.05, 3.63) is 0 Å². The molecule has 1 atom stereocenters. The monoisotopic (exact) mass is 278 g/mol. The predicted molar refractivity (Wildman–Crippen MR) is 64.2 cm³/mol. The van der Waals surface area contributed by atoms with Gasteiger partial charge in [-0.3, -0.25) is 9.59 Å². The first-order chi connectivity index (χ1) is 8.33. The topological polar surface area (TPSA) is 127 Å². The lowest BCUT2D eigenvalue weighted by Gasteiger charge is -2.23. The zero-order valence-electron chi connectivity index (χ0n) is 9.96. The van der Waals surface area contributed by atoms with E-state index in [-0.39, 0.29) is 0 Å². The fraction of sp³-hybridized carbons (Fsp3) is 0.800. The number of carboxylic acids is 1. The summed E-state index contributed by atoms with van der Waals surface area (Å²) in [5, 5.41) is 8.28. The minimum Gasteiger partial charge on any atom is -0.480 e. The van der Waals surface area contributed by atoms with Gasteiger partial charge >= 0.3 is 5.97 Å². The van der Waals surface area contributed by atoms with E-state index in [1.807, 2.05) is 0 Å². The number of hydrogen-bond donors (Lipinski definition) is 3. The molecule has 0 radical (unpaired) electrons. The number of carbonyl (C=O) groups excluding carboxylic acids is 1. The van der Waals surface area contributed by atoms with Crippen molar-refractivity contribution in [1.82, 2.24) is 4.72 Å². The highest BCUT2D eigenvalue weighted by Crippen LogP contribution is 2.23. The summed E-state index contributed by atoms with van der Waals surface area (Å²) in [5.41, 5.74) is 4.89. The molecule has 7 nitrogen and oxygen atoms in total. The number of carbonyl (C=O) groups is 2. The number of carboxylic acid groups (broad SMARTS) is 1. The Balaban J connectivity index is 2.71. The van der Waals surface area contributed by atoms with Crippen LogP contribution in [0.25, 0.3) is 0 Å². The van der Waals surface area contributed by atoms with Gasteiger partial charge in [-0.1, -0.05) is 19.3 Å². The average molecular weight is 278 g/mol. The van der Waals surface area contributed by atoms with Gasteiger partial charge in [0.1, 0.15) is 6.04 Å². The summed E-state index contributed by atoms with van der Waals surface area (Å²) in [5.74, 6) is -2.25. The van der Waals surface area contributed by atoms with Crippen LogP contribution < -0.4 is 10.5 Å². The lowest BCUT2D eigenvalue weighted by molar-refractivity contribution is -0.140. The SMILES string of the molecule is NC(=O)C[C@@H](NS(=O)(=O)C1CCCCC1)C(=O)O. The van der Waals surface area contributed by atoms with Crippen LogP contribution in [-0.2, 0) is 19.6 Å². The van der Waals surface area contributed by atoms with Crippen molar-refractivity contribution in [2.45, 2.75) is 49.8 Å². The van der Waals surface area contributed by atoms with Gasteiger partial charge in [0, 0.05) is 0 Å². The third-order valence-corrected chi connectivity index (χ3v) is 4.96. The second kappa shape index (κ2) is 6.14. The Bertz CT molecular complexity index is 414. The number of aliphatic carboxylic acids is 1. The molecule has 4 N–H and O–H groups in total. The standard InChI is InChI=1S/C10H18N2O5S/c11-9(13)6-8(10(14)15)12-18(16,17)7-4-2-1-3-5-7/h7-8,12H,1-6H2,(H2,11,13)(H,14,15)/t8-/m1/s1. The molecule has 1 aliphatic rings. The minimum atomic E-state index is -3.71. The van der Waals surface area contributed by atoms with Gasteiger partial charge in [0.15, 0.2) is 0 Å². The molecule has 0 saturated heterocycles. The fourth-order valence-electron chi connectivity index (χ4n) is 2.05. The predicted octanol–water partition coefficient (Wildman–Crippen LogP) is -0.433. The lowest BCUT2D eigenvalue weighted by atomic mass is 10.0. The van der Waals surface area contributed by atoms with E-state index in [4.69, 9.17) is 10.8 Å². The van der Waals surface area contributed by atoms with Crippen LogP contribution in [0, 0.1) is 0 Å². The zero-order chi connectivity index (χ0) is 13.8. The maximum atomic E-state index is 12.0. The van der Waals surface area contributed by atoms with E-state index in [1.54, 1.807) is 0 Å². The van der Waals surface area contributed by atoms with Crippen LogP contribution in [0.2, 0.25) is 0 Å². The molecule has 1 rings (SSSR count). The number of primary amides is 1. The van der Waals surface area contributed by atoms with E-state index in [2.05, 4.69) is 4.72 Å². The van der Waals surface area contributed by atoms with Gasteiger partial charge in [0.05, 0.1) is 11.7 Å². The second-order valence-electron chi connectivity index (χ2n) is 4.48. The van der Waals surface area contributed by atoms with Crippen LogP contribution in [0.5, 0.6) is 0 Å². The van der Waals surface area contributed by atoms with Gasteiger partial charge in [-0.05, 0) is 12.8 Å². The second-order valence-corrected chi connectivity index (χ2v) is 6.48. The number of hydrogen-bond acceptors (Lipinski definition) is 4. The first-order valence-corrected chi connectivity index (χ1v) is 7.40. The molecule has 0 aliphatic heterocycles. The maximum Gasteiger partial charge on any atom is 0.322 e. The highest BCUT2D eigenvalue weighted by atomic mass is 32.2. The van der Waals surface area contributed by atoms with Crippen LogP contribution >= 0.6 is 0 Å². The molecular weight excluding hydrogens is 260 g/mol. The van der Waals surface area contributed by atoms with E-state index in [0.717, 1.165) is 19.3 Å². The molecule has 0 spiro atoms. The van der Waals surface area contributed by atoms with E-state index < -0.39 is 39.6 Å². The third kappa shape index (κ3) is 4.26. The third-order valence-electron chi connectivity index (χ3n) is 3.00. The largest absolute Gasteiger partial charge is 0.480 e. The molecular formula is C10H18N2O5S. The molecule has 18 heavy (non-hydrogen) atoms. The Morgan fingerprint density at radius 2 is 1.83 bits per heavy atom. The Kier molecular flexibility index (Phi) is 5.09. The molecule has 0 unspecified atom stereocenters. The molecule has 0 heterocycles. The van der Waals surface area contributed by atoms with Crippen molar-refractivity contribution in [3.63, 3.8) is 0 Å². The summed E-state index contributed by atoms with van der Waals surface area (Å²) in [6, 6.07) is -1.48. The molecule has 0 aromatic carbocycles. The van der Waals surface area contributed by atoms with Crippen molar-refractivity contribution in [3.8, 4) is 0 Å². The minimum absolute atomic E-state index is 0.526. The molecule has 1 saturated carbocycles. The van der Waals surface area contributed by atoms with E-state index in [9.17, 15) is 18.0 Å². The maximum absolute atomic E-state index is 12.0. The van der Waals surface area contributed by atoms with Gasteiger partial charge in [-0.25, -0.2) is 13.1 Å². The summed E-state index contributed by atoms with van der Waals surface area (Å²) in [6.07, 6.45) is 3.14. The van der Waals surface area contributed by atoms with Crippen LogP contribution in [0.1, 0.15) is 38.5 Å². The Labute approximate surface area is 106 Å². The number of amides is 1. The van der Waals surface area contributed by atoms with Crippen LogP contribution in [0.15, 0.2) is 0 Å². The zero-order valence-corrected chi connectivity index (χ0v) is 10.8. The van der Waals surface area contributed by atoms with Crippen molar-refractivity contribution in [1.29, 1.82) is 0 Å². The molecule has 1 fully saturated rings. The fourth-order valence-corrected chi connectivity index (χ4v) is 3.78. The number of nitrogens with two attached hydrogens (primary N) is 1. The van der Waals surface area contributed by atoms with Gasteiger partial charge in [-0.2, -0.15) is 0 Å². The van der Waals surface area contributed by atoms with E-state index >= 15 is 0 Å². The van der Waals surface area contributed by atoms with Crippen molar-refractivity contribution in [2.24, 2.45) is 5.73 Å². The smallest absolute Gasteiger partial charge is 0.322 e. The molecule has 0 aromatic rings. The quantitative estimate of drug-likeness (QED) is 0.607. The van der Waals surface area contributed by atoms with Gasteiger partial charge < -0.3 is 10.8 Å². The first kappa shape index (κ1) is 14.9. The van der Waals surface area contributed by atoms with Crippen molar-refractivity contribution >= 4 is 21.9 Å². The van der Waals surface area contributed by atoms with Crippen LogP contribution in [0.4, 0.5) is 0 Å². The van der Waals surface area contributed by atoms with E-state index in [1.165, 1.54) is 0 Å². The summed E-state index contributed by atoms with van der Waals surface area (Å²) < 4.78 is 26.0. The summed E-state index contributed by atoms with van der Waals surface area (Å²) in [4.78, 5) is 21.6. The first-order valence-electron chi connectivity index (χ1n) is 5.85. The highest BCUT2D eigenvalue weighted by molar-refractivity contribution is 7.90. The van der Waals surface area contributed by atoms with Gasteiger partial charge in [0.25, 0.3) is 0 Å². The summed E-state index contributed by atoms with van der Waals surface area (Å²) in [6.45, 7) is 0. The number of nitrogens with one attached hydrogen (secondary N) is 1. The van der Waals surface area contributed by atoms with Crippen molar-refractivity contribution in [2.75, 3.05) is 0 Å². The van der Waals surface area contributed by atoms with E-state index in [0.29, 0.717) is 12.8 Å². The summed E-state index contributed by atoms with van der Waals surface area (Å²) in [7, 11) is -3.71. The van der Waals surface area contributed by atoms with Gasteiger partial charge in [-0.15, -0.1) is 0 Å². The molecule has 104 valence electrons. The highest BCUT2D eigenvalue weighted by Gasteiger charge is 2.32. The van der Waals surface area contributed by atoms with Crippen LogP contribution in [0.3, 0.4) is 0 Å². The average Bonchev–Trinajstić information content (AvgIpc) is 2.28. The Hall–Kier alpha value is -1.15. The molecule has 8 heteroatoms. The number of rotatable bonds is 6.